The molecule has 0 bridgehead atoms. The van der Waals surface area contributed by atoms with Crippen LogP contribution in [0.15, 0.2) is 17.5 Å². The maximum absolute atomic E-state index is 3.81. The van der Waals surface area contributed by atoms with Crippen LogP contribution in [0.25, 0.3) is 0 Å². The summed E-state index contributed by atoms with van der Waals surface area (Å²) in [4.78, 5) is 4.27. The summed E-state index contributed by atoms with van der Waals surface area (Å²) in [5, 5.41) is 6.03. The molecule has 0 amide bonds. The van der Waals surface area contributed by atoms with E-state index in [0.29, 0.717) is 23.5 Å². The predicted octanol–water partition coefficient (Wildman–Crippen LogP) is 4.30. The summed E-state index contributed by atoms with van der Waals surface area (Å²) in [5.41, 5.74) is 0.302. The van der Waals surface area contributed by atoms with Crippen LogP contribution in [0.4, 0.5) is 0 Å². The van der Waals surface area contributed by atoms with Gasteiger partial charge >= 0.3 is 0 Å². The highest BCUT2D eigenvalue weighted by atomic mass is 32.1. The van der Waals surface area contributed by atoms with Crippen molar-refractivity contribution < 1.29 is 0 Å². The van der Waals surface area contributed by atoms with Gasteiger partial charge in [-0.3, -0.25) is 4.90 Å². The van der Waals surface area contributed by atoms with Crippen molar-refractivity contribution in [1.29, 1.82) is 0 Å². The fraction of sp³-hybridized carbons (Fsp3) is 0.765. The molecule has 1 N–H and O–H groups in total. The van der Waals surface area contributed by atoms with Crippen LogP contribution < -0.4 is 5.32 Å². The Labute approximate surface area is 128 Å². The van der Waals surface area contributed by atoms with Crippen molar-refractivity contribution in [2.45, 2.75) is 65.1 Å². The van der Waals surface area contributed by atoms with Crippen LogP contribution in [0.2, 0.25) is 0 Å². The highest BCUT2D eigenvalue weighted by Gasteiger charge is 2.39. The van der Waals surface area contributed by atoms with E-state index in [2.05, 4.69) is 62.3 Å². The maximum atomic E-state index is 3.81. The van der Waals surface area contributed by atoms with Crippen molar-refractivity contribution in [2.24, 2.45) is 5.92 Å². The van der Waals surface area contributed by atoms with Crippen molar-refractivity contribution in [3.63, 3.8) is 0 Å². The Morgan fingerprint density at radius 2 is 2.10 bits per heavy atom. The van der Waals surface area contributed by atoms with Crippen molar-refractivity contribution in [2.75, 3.05) is 13.1 Å². The fourth-order valence-corrected chi connectivity index (χ4v) is 4.49. The zero-order valence-corrected chi connectivity index (χ0v) is 14.5. The summed E-state index contributed by atoms with van der Waals surface area (Å²) in [5.74, 6) is 0.653. The predicted molar refractivity (Wildman–Crippen MR) is 89.4 cm³/mol. The lowest BCUT2D eigenvalue weighted by molar-refractivity contribution is 0.0275. The third-order valence-electron chi connectivity index (χ3n) is 5.00. The van der Waals surface area contributed by atoms with Gasteiger partial charge in [0, 0.05) is 35.6 Å². The molecule has 0 spiro atoms. The van der Waals surface area contributed by atoms with Crippen molar-refractivity contribution in [1.82, 2.24) is 10.2 Å². The Hall–Kier alpha value is -0.380. The summed E-state index contributed by atoms with van der Waals surface area (Å²) >= 11 is 1.91. The molecule has 1 aromatic rings. The number of hydrogen-bond acceptors (Lipinski definition) is 3. The fourth-order valence-electron chi connectivity index (χ4n) is 3.47. The van der Waals surface area contributed by atoms with Crippen LogP contribution in [0.3, 0.4) is 0 Å². The second kappa shape index (κ2) is 6.59. The van der Waals surface area contributed by atoms with Gasteiger partial charge in [0.1, 0.15) is 0 Å². The normalized spacial score (nSPS) is 25.0. The van der Waals surface area contributed by atoms with Gasteiger partial charge in [-0.2, -0.15) is 0 Å². The summed E-state index contributed by atoms with van der Waals surface area (Å²) in [6.45, 7) is 14.0. The number of nitrogens with one attached hydrogen (secondary N) is 1. The molecule has 0 saturated carbocycles. The Kier molecular flexibility index (Phi) is 5.27. The van der Waals surface area contributed by atoms with Gasteiger partial charge in [0.05, 0.1) is 0 Å². The lowest BCUT2D eigenvalue weighted by Crippen LogP contribution is -2.63. The van der Waals surface area contributed by atoms with E-state index < -0.39 is 0 Å². The molecule has 2 rings (SSSR count). The van der Waals surface area contributed by atoms with Gasteiger partial charge in [-0.25, -0.2) is 0 Å². The molecule has 20 heavy (non-hydrogen) atoms. The Morgan fingerprint density at radius 1 is 1.40 bits per heavy atom. The van der Waals surface area contributed by atoms with Crippen LogP contribution in [-0.4, -0.2) is 29.6 Å². The van der Waals surface area contributed by atoms with E-state index in [0.717, 1.165) is 6.54 Å². The molecule has 2 unspecified atom stereocenters. The molecule has 1 aliphatic heterocycles. The standard InChI is InChI=1S/C17H30N2S/c1-6-17(7-2)12-19(14(5)11-18-17)16(13(3)4)15-9-8-10-20-15/h8-10,13-14,16,18H,6-7,11-12H2,1-5H3. The zero-order chi connectivity index (χ0) is 14.8. The van der Waals surface area contributed by atoms with E-state index in [4.69, 9.17) is 0 Å². The first-order chi connectivity index (χ1) is 9.53. The first kappa shape index (κ1) is 16.0. The third kappa shape index (κ3) is 3.10. The van der Waals surface area contributed by atoms with E-state index >= 15 is 0 Å². The first-order valence-electron chi connectivity index (χ1n) is 8.07. The van der Waals surface area contributed by atoms with E-state index in [9.17, 15) is 0 Å². The number of rotatable bonds is 5. The molecule has 2 nitrogen and oxygen atoms in total. The second-order valence-corrected chi connectivity index (χ2v) is 7.57. The topological polar surface area (TPSA) is 15.3 Å². The van der Waals surface area contributed by atoms with Gasteiger partial charge < -0.3 is 5.32 Å². The monoisotopic (exact) mass is 294 g/mol. The molecule has 0 aliphatic carbocycles. The largest absolute Gasteiger partial charge is 0.308 e. The minimum absolute atomic E-state index is 0.302. The number of hydrogen-bond donors (Lipinski definition) is 1. The Bertz CT molecular complexity index is 395. The van der Waals surface area contributed by atoms with Gasteiger partial charge in [0.25, 0.3) is 0 Å². The van der Waals surface area contributed by atoms with Crippen LogP contribution in [0.5, 0.6) is 0 Å². The molecule has 1 saturated heterocycles. The molecule has 0 aromatic carbocycles. The smallest absolute Gasteiger partial charge is 0.0468 e. The SMILES string of the molecule is CCC1(CC)CN(C(c2cccs2)C(C)C)C(C)CN1. The van der Waals surface area contributed by atoms with Gasteiger partial charge in [-0.1, -0.05) is 33.8 Å². The number of nitrogens with zero attached hydrogens (tertiary/aromatic N) is 1. The van der Waals surface area contributed by atoms with E-state index in [1.54, 1.807) is 0 Å². The lowest BCUT2D eigenvalue weighted by Gasteiger charge is -2.50. The minimum atomic E-state index is 0.302. The number of piperazine rings is 1. The summed E-state index contributed by atoms with van der Waals surface area (Å²) in [6.07, 6.45) is 2.42. The molecule has 1 fully saturated rings. The third-order valence-corrected chi connectivity index (χ3v) is 5.94. The average Bonchev–Trinajstić information content (AvgIpc) is 2.95. The van der Waals surface area contributed by atoms with Gasteiger partial charge in [-0.05, 0) is 37.1 Å². The van der Waals surface area contributed by atoms with E-state index in [-0.39, 0.29) is 0 Å². The molecule has 1 aliphatic rings. The molecule has 3 heteroatoms. The highest BCUT2D eigenvalue weighted by molar-refractivity contribution is 7.10. The van der Waals surface area contributed by atoms with E-state index in [1.807, 2.05) is 11.3 Å². The van der Waals surface area contributed by atoms with Crippen molar-refractivity contribution >= 4 is 11.3 Å². The molecular weight excluding hydrogens is 264 g/mol. The summed E-state index contributed by atoms with van der Waals surface area (Å²) in [7, 11) is 0. The van der Waals surface area contributed by atoms with Crippen LogP contribution in [0.1, 0.15) is 58.4 Å². The minimum Gasteiger partial charge on any atom is -0.308 e. The van der Waals surface area contributed by atoms with Crippen LogP contribution in [0, 0.1) is 5.92 Å². The average molecular weight is 295 g/mol. The second-order valence-electron chi connectivity index (χ2n) is 6.59. The summed E-state index contributed by atoms with van der Waals surface area (Å²) < 4.78 is 0. The lowest BCUT2D eigenvalue weighted by atomic mass is 9.86. The number of thiophene rings is 1. The van der Waals surface area contributed by atoms with Crippen LogP contribution in [-0.2, 0) is 0 Å². The molecular formula is C17H30N2S. The van der Waals surface area contributed by atoms with Crippen molar-refractivity contribution in [3.05, 3.63) is 22.4 Å². The summed E-state index contributed by atoms with van der Waals surface area (Å²) in [6, 6.07) is 5.67. The molecule has 1 aromatic heterocycles. The molecule has 2 heterocycles. The van der Waals surface area contributed by atoms with Gasteiger partial charge in [0.15, 0.2) is 0 Å². The first-order valence-corrected chi connectivity index (χ1v) is 8.95. The molecule has 2 atom stereocenters. The zero-order valence-electron chi connectivity index (χ0n) is 13.6. The highest BCUT2D eigenvalue weighted by Crippen LogP contribution is 2.36. The Morgan fingerprint density at radius 3 is 2.60 bits per heavy atom. The van der Waals surface area contributed by atoms with Gasteiger partial charge in [0.2, 0.25) is 0 Å². The van der Waals surface area contributed by atoms with Gasteiger partial charge in [-0.15, -0.1) is 11.3 Å². The molecule has 0 radical (unpaired) electrons. The van der Waals surface area contributed by atoms with Crippen LogP contribution >= 0.6 is 11.3 Å². The van der Waals surface area contributed by atoms with Crippen molar-refractivity contribution in [3.8, 4) is 0 Å². The van der Waals surface area contributed by atoms with E-state index in [1.165, 1.54) is 24.3 Å². The Balaban J connectivity index is 2.26. The molecule has 114 valence electrons. The maximum Gasteiger partial charge on any atom is 0.0468 e. The quantitative estimate of drug-likeness (QED) is 0.871.